The summed E-state index contributed by atoms with van der Waals surface area (Å²) in [6, 6.07) is 11.0. The molecular weight excluding hydrogens is 384 g/mol. The monoisotopic (exact) mass is 406 g/mol. The van der Waals surface area contributed by atoms with Crippen molar-refractivity contribution in [2.24, 2.45) is 0 Å². The first kappa shape index (κ1) is 19.5. The maximum Gasteiger partial charge on any atom is 0.291 e. The first-order valence-electron chi connectivity index (χ1n) is 9.51. The fourth-order valence-corrected chi connectivity index (χ4v) is 3.17. The standard InChI is InChI=1S/C22H22N4O4/c1-14-17-8-4-5-9-18(17)30-19(14)20(27)25-15-11-24-26(13-15)22(2,3)21(28)23-12-16-7-6-10-29-16/h4-11,13H,12H2,1-3H3,(H,23,28)(H,25,27). The minimum Gasteiger partial charge on any atom is -0.467 e. The van der Waals surface area contributed by atoms with Gasteiger partial charge in [-0.3, -0.25) is 14.3 Å². The van der Waals surface area contributed by atoms with Crippen LogP contribution in [0.5, 0.6) is 0 Å². The number of furan rings is 2. The van der Waals surface area contributed by atoms with E-state index in [1.165, 1.54) is 10.9 Å². The summed E-state index contributed by atoms with van der Waals surface area (Å²) in [6.45, 7) is 5.61. The first-order valence-corrected chi connectivity index (χ1v) is 9.51. The molecule has 0 unspecified atom stereocenters. The highest BCUT2D eigenvalue weighted by Crippen LogP contribution is 2.26. The molecule has 0 saturated carbocycles. The van der Waals surface area contributed by atoms with Gasteiger partial charge in [-0.2, -0.15) is 5.10 Å². The van der Waals surface area contributed by atoms with Crippen molar-refractivity contribution < 1.29 is 18.4 Å². The van der Waals surface area contributed by atoms with Crippen LogP contribution >= 0.6 is 0 Å². The largest absolute Gasteiger partial charge is 0.467 e. The molecule has 3 aromatic heterocycles. The summed E-state index contributed by atoms with van der Waals surface area (Å²) in [7, 11) is 0. The van der Waals surface area contributed by atoms with E-state index in [0.29, 0.717) is 17.0 Å². The van der Waals surface area contributed by atoms with Gasteiger partial charge in [-0.1, -0.05) is 18.2 Å². The summed E-state index contributed by atoms with van der Waals surface area (Å²) in [5.41, 5.74) is 0.926. The molecule has 0 spiro atoms. The van der Waals surface area contributed by atoms with Gasteiger partial charge in [-0.25, -0.2) is 0 Å². The van der Waals surface area contributed by atoms with Gasteiger partial charge >= 0.3 is 0 Å². The first-order chi connectivity index (χ1) is 14.4. The zero-order valence-corrected chi connectivity index (χ0v) is 16.9. The van der Waals surface area contributed by atoms with Crippen LogP contribution in [0.3, 0.4) is 0 Å². The molecule has 154 valence electrons. The Morgan fingerprint density at radius 3 is 2.70 bits per heavy atom. The smallest absolute Gasteiger partial charge is 0.291 e. The van der Waals surface area contributed by atoms with Gasteiger partial charge in [0.05, 0.1) is 24.7 Å². The normalized spacial score (nSPS) is 11.6. The number of carbonyl (C=O) groups is 2. The van der Waals surface area contributed by atoms with Gasteiger partial charge in [0.25, 0.3) is 5.91 Å². The number of hydrogen-bond acceptors (Lipinski definition) is 5. The third kappa shape index (κ3) is 3.59. The highest BCUT2D eigenvalue weighted by Gasteiger charge is 2.31. The number of rotatable bonds is 6. The van der Waals surface area contributed by atoms with Crippen LogP contribution in [0, 0.1) is 6.92 Å². The Labute approximate surface area is 172 Å². The lowest BCUT2D eigenvalue weighted by Crippen LogP contribution is -2.44. The molecule has 8 nitrogen and oxygen atoms in total. The lowest BCUT2D eigenvalue weighted by atomic mass is 10.1. The van der Waals surface area contributed by atoms with Crippen molar-refractivity contribution in [1.29, 1.82) is 0 Å². The fraction of sp³-hybridized carbons (Fsp3) is 0.227. The number of fused-ring (bicyclic) bond motifs is 1. The van der Waals surface area contributed by atoms with Crippen molar-refractivity contribution in [3.8, 4) is 0 Å². The summed E-state index contributed by atoms with van der Waals surface area (Å²) < 4.78 is 12.4. The van der Waals surface area contributed by atoms with Gasteiger partial charge in [0.2, 0.25) is 5.91 Å². The van der Waals surface area contributed by atoms with Crippen LogP contribution in [-0.2, 0) is 16.9 Å². The van der Waals surface area contributed by atoms with Crippen LogP contribution in [0.15, 0.2) is 63.9 Å². The molecule has 8 heteroatoms. The Kier molecular flexibility index (Phi) is 4.91. The molecule has 3 heterocycles. The predicted octanol–water partition coefficient (Wildman–Crippen LogP) is 3.83. The maximum absolute atomic E-state index is 12.7. The lowest BCUT2D eigenvalue weighted by molar-refractivity contribution is -0.129. The molecule has 0 aliphatic carbocycles. The Balaban J connectivity index is 1.46. The van der Waals surface area contributed by atoms with Crippen LogP contribution in [0.4, 0.5) is 5.69 Å². The number of amides is 2. The summed E-state index contributed by atoms with van der Waals surface area (Å²) in [5.74, 6) is 0.310. The van der Waals surface area contributed by atoms with E-state index in [-0.39, 0.29) is 24.1 Å². The predicted molar refractivity (Wildman–Crippen MR) is 111 cm³/mol. The van der Waals surface area contributed by atoms with E-state index in [1.54, 1.807) is 38.4 Å². The number of aromatic nitrogens is 2. The third-order valence-electron chi connectivity index (χ3n) is 5.02. The van der Waals surface area contributed by atoms with Crippen LogP contribution in [0.1, 0.15) is 35.7 Å². The zero-order chi connectivity index (χ0) is 21.3. The number of carbonyl (C=O) groups excluding carboxylic acids is 2. The average molecular weight is 406 g/mol. The number of para-hydroxylation sites is 1. The Bertz CT molecular complexity index is 1200. The van der Waals surface area contributed by atoms with E-state index in [2.05, 4.69) is 15.7 Å². The van der Waals surface area contributed by atoms with E-state index >= 15 is 0 Å². The van der Waals surface area contributed by atoms with Crippen LogP contribution in [0.25, 0.3) is 11.0 Å². The second-order valence-electron chi connectivity index (χ2n) is 7.50. The van der Waals surface area contributed by atoms with Gasteiger partial charge in [0, 0.05) is 17.1 Å². The molecule has 0 aliphatic heterocycles. The van der Waals surface area contributed by atoms with Crippen LogP contribution in [-0.4, -0.2) is 21.6 Å². The summed E-state index contributed by atoms with van der Waals surface area (Å²) in [6.07, 6.45) is 4.67. The Morgan fingerprint density at radius 1 is 1.17 bits per heavy atom. The summed E-state index contributed by atoms with van der Waals surface area (Å²) >= 11 is 0. The summed E-state index contributed by atoms with van der Waals surface area (Å²) in [5, 5.41) is 10.8. The van der Waals surface area contributed by atoms with Gasteiger partial charge < -0.3 is 19.5 Å². The number of hydrogen-bond donors (Lipinski definition) is 2. The molecule has 30 heavy (non-hydrogen) atoms. The fourth-order valence-electron chi connectivity index (χ4n) is 3.17. The number of benzene rings is 1. The van der Waals surface area contributed by atoms with Crippen molar-refractivity contribution in [2.45, 2.75) is 32.9 Å². The second kappa shape index (κ2) is 7.55. The highest BCUT2D eigenvalue weighted by molar-refractivity contribution is 6.06. The van der Waals surface area contributed by atoms with E-state index in [4.69, 9.17) is 8.83 Å². The molecule has 0 bridgehead atoms. The summed E-state index contributed by atoms with van der Waals surface area (Å²) in [4.78, 5) is 25.3. The minimum atomic E-state index is -0.967. The van der Waals surface area contributed by atoms with E-state index in [9.17, 15) is 9.59 Å². The number of nitrogens with one attached hydrogen (secondary N) is 2. The molecule has 0 fully saturated rings. The van der Waals surface area contributed by atoms with E-state index in [1.807, 2.05) is 31.2 Å². The van der Waals surface area contributed by atoms with Gasteiger partial charge in [0.1, 0.15) is 16.9 Å². The molecule has 4 aromatic rings. The van der Waals surface area contributed by atoms with Crippen molar-refractivity contribution in [3.05, 3.63) is 72.1 Å². The van der Waals surface area contributed by atoms with Crippen molar-refractivity contribution in [3.63, 3.8) is 0 Å². The third-order valence-corrected chi connectivity index (χ3v) is 5.02. The second-order valence-corrected chi connectivity index (χ2v) is 7.50. The zero-order valence-electron chi connectivity index (χ0n) is 16.9. The van der Waals surface area contributed by atoms with Crippen LogP contribution < -0.4 is 10.6 Å². The minimum absolute atomic E-state index is 0.229. The van der Waals surface area contributed by atoms with E-state index < -0.39 is 5.54 Å². The van der Waals surface area contributed by atoms with Gasteiger partial charge in [-0.05, 0) is 39.0 Å². The Hall–Kier alpha value is -3.81. The number of aryl methyl sites for hydroxylation is 1. The number of anilines is 1. The maximum atomic E-state index is 12.7. The average Bonchev–Trinajstić information content (AvgIpc) is 3.47. The molecule has 2 amide bonds. The molecule has 0 atom stereocenters. The van der Waals surface area contributed by atoms with Crippen LogP contribution in [0.2, 0.25) is 0 Å². The highest BCUT2D eigenvalue weighted by atomic mass is 16.3. The molecule has 2 N–H and O–H groups in total. The van der Waals surface area contributed by atoms with E-state index in [0.717, 1.165) is 10.9 Å². The molecule has 0 aliphatic rings. The molecule has 1 aromatic carbocycles. The molecule has 0 saturated heterocycles. The quantitative estimate of drug-likeness (QED) is 0.507. The molecular formula is C22H22N4O4. The molecule has 0 radical (unpaired) electrons. The number of nitrogens with zero attached hydrogens (tertiary/aromatic N) is 2. The van der Waals surface area contributed by atoms with Gasteiger partial charge in [-0.15, -0.1) is 0 Å². The molecule has 4 rings (SSSR count). The lowest BCUT2D eigenvalue weighted by Gasteiger charge is -2.23. The van der Waals surface area contributed by atoms with Crippen molar-refractivity contribution >= 4 is 28.5 Å². The Morgan fingerprint density at radius 2 is 1.97 bits per heavy atom. The topological polar surface area (TPSA) is 102 Å². The SMILES string of the molecule is Cc1c(C(=O)Nc2cnn(C(C)(C)C(=O)NCc3ccco3)c2)oc2ccccc12. The van der Waals surface area contributed by atoms with Gasteiger partial charge in [0.15, 0.2) is 5.76 Å². The van der Waals surface area contributed by atoms with Crippen molar-refractivity contribution in [2.75, 3.05) is 5.32 Å². The van der Waals surface area contributed by atoms with Crippen molar-refractivity contribution in [1.82, 2.24) is 15.1 Å².